The van der Waals surface area contributed by atoms with E-state index >= 15 is 0 Å². The number of primary amides is 1. The van der Waals surface area contributed by atoms with E-state index in [-0.39, 0.29) is 11.4 Å². The second-order valence-corrected chi connectivity index (χ2v) is 4.30. The van der Waals surface area contributed by atoms with Gasteiger partial charge in [-0.25, -0.2) is 9.97 Å². The Bertz CT molecular complexity index is 639. The van der Waals surface area contributed by atoms with E-state index in [1.807, 2.05) is 0 Å². The van der Waals surface area contributed by atoms with Crippen molar-refractivity contribution in [3.63, 3.8) is 0 Å². The van der Waals surface area contributed by atoms with Gasteiger partial charge in [-0.15, -0.1) is 0 Å². The molecule has 0 saturated carbocycles. The van der Waals surface area contributed by atoms with Crippen LogP contribution in [0.25, 0.3) is 0 Å². The molecule has 2 aromatic heterocycles. The molecule has 0 aromatic carbocycles. The molecule has 0 bridgehead atoms. The summed E-state index contributed by atoms with van der Waals surface area (Å²) in [7, 11) is 0. The molecular weight excluding hydrogens is 287 g/mol. The lowest BCUT2D eigenvalue weighted by Gasteiger charge is -2.16. The summed E-state index contributed by atoms with van der Waals surface area (Å²) in [5.74, 6) is -0.615. The molecule has 2 aromatic rings. The first-order chi connectivity index (χ1) is 9.79. The number of carbonyl (C=O) groups excluding carboxylic acids is 1. The van der Waals surface area contributed by atoms with Crippen LogP contribution < -0.4 is 11.1 Å². The van der Waals surface area contributed by atoms with Gasteiger partial charge in [-0.1, -0.05) is 0 Å². The van der Waals surface area contributed by atoms with Crippen molar-refractivity contribution in [2.24, 2.45) is 5.73 Å². The van der Waals surface area contributed by atoms with Crippen LogP contribution in [0.15, 0.2) is 24.5 Å². The molecule has 0 fully saturated rings. The molecule has 112 valence electrons. The molecule has 1 atom stereocenters. The summed E-state index contributed by atoms with van der Waals surface area (Å²) in [6.45, 7) is 1.66. The minimum atomic E-state index is -4.61. The normalized spacial score (nSPS) is 13.0. The summed E-state index contributed by atoms with van der Waals surface area (Å²) in [4.78, 5) is 21.5. The monoisotopic (exact) mass is 299 g/mol. The number of nitrogens with one attached hydrogen (secondary N) is 2. The number of rotatable bonds is 4. The summed E-state index contributed by atoms with van der Waals surface area (Å²) in [6.07, 6.45) is -1.54. The van der Waals surface area contributed by atoms with Crippen molar-refractivity contribution in [2.45, 2.75) is 19.1 Å². The highest BCUT2D eigenvalue weighted by atomic mass is 19.4. The number of anilines is 1. The van der Waals surface area contributed by atoms with Gasteiger partial charge in [0.15, 0.2) is 0 Å². The molecule has 0 aliphatic carbocycles. The Morgan fingerprint density at radius 2 is 2.14 bits per heavy atom. The highest BCUT2D eigenvalue weighted by molar-refractivity contribution is 5.97. The van der Waals surface area contributed by atoms with Crippen molar-refractivity contribution in [2.75, 3.05) is 5.32 Å². The molecule has 1 amide bonds. The number of imidazole rings is 1. The number of aromatic nitrogens is 3. The van der Waals surface area contributed by atoms with Crippen molar-refractivity contribution < 1.29 is 18.0 Å². The summed E-state index contributed by atoms with van der Waals surface area (Å²) >= 11 is 0. The SMILES string of the molecule is CC(Nc1nc(C(F)(F)F)ccc1C(N)=O)c1ncc[nH]1. The van der Waals surface area contributed by atoms with Gasteiger partial charge in [-0.3, -0.25) is 4.79 Å². The number of aromatic amines is 1. The topological polar surface area (TPSA) is 96.7 Å². The first-order valence-electron chi connectivity index (χ1n) is 5.93. The van der Waals surface area contributed by atoms with Gasteiger partial charge in [0.2, 0.25) is 0 Å². The molecule has 21 heavy (non-hydrogen) atoms. The van der Waals surface area contributed by atoms with E-state index in [4.69, 9.17) is 5.73 Å². The fourth-order valence-corrected chi connectivity index (χ4v) is 1.71. The van der Waals surface area contributed by atoms with Crippen LogP contribution in [0.5, 0.6) is 0 Å². The minimum absolute atomic E-state index is 0.124. The number of alkyl halides is 3. The number of carbonyl (C=O) groups is 1. The molecular formula is C12H12F3N5O. The van der Waals surface area contributed by atoms with Gasteiger partial charge in [0.25, 0.3) is 5.91 Å². The van der Waals surface area contributed by atoms with Gasteiger partial charge in [0, 0.05) is 12.4 Å². The van der Waals surface area contributed by atoms with Crippen LogP contribution in [0.4, 0.5) is 19.0 Å². The van der Waals surface area contributed by atoms with Crippen molar-refractivity contribution in [1.82, 2.24) is 15.0 Å². The number of halogens is 3. The number of H-pyrrole nitrogens is 1. The average molecular weight is 299 g/mol. The molecule has 0 radical (unpaired) electrons. The van der Waals surface area contributed by atoms with Crippen LogP contribution in [0, 0.1) is 0 Å². The summed E-state index contributed by atoms with van der Waals surface area (Å²) in [6, 6.07) is 1.23. The van der Waals surface area contributed by atoms with E-state index in [0.29, 0.717) is 11.9 Å². The molecule has 2 rings (SSSR count). The third kappa shape index (κ3) is 3.30. The molecule has 9 heteroatoms. The zero-order valence-electron chi connectivity index (χ0n) is 10.9. The first-order valence-corrected chi connectivity index (χ1v) is 5.93. The van der Waals surface area contributed by atoms with E-state index < -0.39 is 23.8 Å². The van der Waals surface area contributed by atoms with Gasteiger partial charge in [0.05, 0.1) is 11.6 Å². The maximum Gasteiger partial charge on any atom is 0.433 e. The largest absolute Gasteiger partial charge is 0.433 e. The Hall–Kier alpha value is -2.58. The van der Waals surface area contributed by atoms with Gasteiger partial charge >= 0.3 is 6.18 Å². The maximum atomic E-state index is 12.7. The highest BCUT2D eigenvalue weighted by Gasteiger charge is 2.33. The Kier molecular flexibility index (Phi) is 3.83. The molecule has 2 heterocycles. The van der Waals surface area contributed by atoms with Crippen LogP contribution in [0.2, 0.25) is 0 Å². The number of nitrogens with zero attached hydrogens (tertiary/aromatic N) is 2. The van der Waals surface area contributed by atoms with Gasteiger partial charge in [0.1, 0.15) is 17.3 Å². The molecule has 4 N–H and O–H groups in total. The number of hydrogen-bond donors (Lipinski definition) is 3. The first kappa shape index (κ1) is 14.8. The number of amides is 1. The van der Waals surface area contributed by atoms with Crippen LogP contribution >= 0.6 is 0 Å². The maximum absolute atomic E-state index is 12.7. The van der Waals surface area contributed by atoms with Crippen LogP contribution in [-0.2, 0) is 6.18 Å². The van der Waals surface area contributed by atoms with E-state index in [9.17, 15) is 18.0 Å². The van der Waals surface area contributed by atoms with Crippen molar-refractivity contribution in [3.05, 3.63) is 41.6 Å². The third-order valence-electron chi connectivity index (χ3n) is 2.73. The smallest absolute Gasteiger partial charge is 0.365 e. The Balaban J connectivity index is 2.37. The fourth-order valence-electron chi connectivity index (χ4n) is 1.71. The highest BCUT2D eigenvalue weighted by Crippen LogP contribution is 2.30. The number of nitrogens with two attached hydrogens (primary N) is 1. The van der Waals surface area contributed by atoms with Crippen molar-refractivity contribution >= 4 is 11.7 Å². The van der Waals surface area contributed by atoms with E-state index in [0.717, 1.165) is 6.07 Å². The lowest BCUT2D eigenvalue weighted by molar-refractivity contribution is -0.141. The third-order valence-corrected chi connectivity index (χ3v) is 2.73. The zero-order chi connectivity index (χ0) is 15.6. The molecule has 0 aliphatic rings. The predicted octanol–water partition coefficient (Wildman–Crippen LogP) is 2.10. The Morgan fingerprint density at radius 1 is 1.43 bits per heavy atom. The Morgan fingerprint density at radius 3 is 2.67 bits per heavy atom. The standard InChI is InChI=1S/C12H12F3N5O/c1-6(10-17-4-5-18-10)19-11-7(9(16)21)2-3-8(20-11)12(13,14)15/h2-6H,1H3,(H2,16,21)(H,17,18)(H,19,20). The zero-order valence-corrected chi connectivity index (χ0v) is 10.9. The Labute approximate surface area is 117 Å². The van der Waals surface area contributed by atoms with E-state index in [1.54, 1.807) is 13.1 Å². The second kappa shape index (κ2) is 5.43. The van der Waals surface area contributed by atoms with Gasteiger partial charge in [-0.05, 0) is 19.1 Å². The molecule has 1 unspecified atom stereocenters. The summed E-state index contributed by atoms with van der Waals surface area (Å²) < 4.78 is 38.1. The lowest BCUT2D eigenvalue weighted by atomic mass is 10.2. The number of hydrogen-bond acceptors (Lipinski definition) is 4. The van der Waals surface area contributed by atoms with Crippen LogP contribution in [-0.4, -0.2) is 20.9 Å². The minimum Gasteiger partial charge on any atom is -0.365 e. The van der Waals surface area contributed by atoms with Gasteiger partial charge in [-0.2, -0.15) is 13.2 Å². The predicted molar refractivity (Wildman–Crippen MR) is 68.4 cm³/mol. The molecule has 0 saturated heterocycles. The lowest BCUT2D eigenvalue weighted by Crippen LogP contribution is -2.20. The number of pyridine rings is 1. The van der Waals surface area contributed by atoms with Crippen LogP contribution in [0.3, 0.4) is 0 Å². The van der Waals surface area contributed by atoms with Crippen molar-refractivity contribution in [1.29, 1.82) is 0 Å². The van der Waals surface area contributed by atoms with Gasteiger partial charge < -0.3 is 16.0 Å². The quantitative estimate of drug-likeness (QED) is 0.805. The van der Waals surface area contributed by atoms with E-state index in [1.165, 1.54) is 6.20 Å². The second-order valence-electron chi connectivity index (χ2n) is 4.30. The molecule has 6 nitrogen and oxygen atoms in total. The van der Waals surface area contributed by atoms with Crippen LogP contribution in [0.1, 0.15) is 34.8 Å². The van der Waals surface area contributed by atoms with E-state index in [2.05, 4.69) is 20.3 Å². The van der Waals surface area contributed by atoms with Crippen molar-refractivity contribution in [3.8, 4) is 0 Å². The summed E-state index contributed by atoms with van der Waals surface area (Å²) in [5, 5.41) is 2.70. The molecule has 0 aliphatic heterocycles. The fraction of sp³-hybridized carbons (Fsp3) is 0.250. The average Bonchev–Trinajstić information content (AvgIpc) is 2.91. The molecule has 0 spiro atoms. The summed E-state index contributed by atoms with van der Waals surface area (Å²) in [5.41, 5.74) is 3.91.